The van der Waals surface area contributed by atoms with Crippen molar-refractivity contribution in [1.82, 2.24) is 0 Å². The van der Waals surface area contributed by atoms with E-state index in [1.54, 1.807) is 0 Å². The molecular weight excluding hydrogens is 160 g/mol. The molecule has 0 amide bonds. The zero-order valence-corrected chi connectivity index (χ0v) is 6.74. The maximum Gasteiger partial charge on any atom is 0.232 e. The summed E-state index contributed by atoms with van der Waals surface area (Å²) < 4.78 is 20.8. The molecule has 0 bridgehead atoms. The number of hydrogen-bond donors (Lipinski definition) is 0. The van der Waals surface area contributed by atoms with Gasteiger partial charge in [0.2, 0.25) is 9.05 Å². The fourth-order valence-electron chi connectivity index (χ4n) is 0.887. The highest BCUT2D eigenvalue weighted by atomic mass is 35.7. The van der Waals surface area contributed by atoms with Gasteiger partial charge in [0.1, 0.15) is 0 Å². The molecule has 0 radical (unpaired) electrons. The first-order valence-corrected chi connectivity index (χ1v) is 5.39. The molecule has 1 aliphatic rings. The maximum absolute atomic E-state index is 10.4. The number of halogens is 1. The molecule has 0 N–H and O–H groups in total. The zero-order chi connectivity index (χ0) is 7.07. The van der Waals surface area contributed by atoms with E-state index in [1.807, 2.05) is 6.92 Å². The van der Waals surface area contributed by atoms with Crippen LogP contribution in [-0.2, 0) is 9.05 Å². The highest BCUT2D eigenvalue weighted by Gasteiger charge is 2.35. The van der Waals surface area contributed by atoms with E-state index in [-0.39, 0.29) is 5.75 Å². The molecule has 2 nitrogen and oxygen atoms in total. The normalized spacial score (nSPS) is 34.4. The first kappa shape index (κ1) is 7.35. The summed E-state index contributed by atoms with van der Waals surface area (Å²) in [5.74, 6) is 1.07. The lowest BCUT2D eigenvalue weighted by Gasteiger charge is -1.89. The van der Waals surface area contributed by atoms with Crippen molar-refractivity contribution in [1.29, 1.82) is 0 Å². The highest BCUT2D eigenvalue weighted by Crippen LogP contribution is 2.39. The molecule has 1 fully saturated rings. The lowest BCUT2D eigenvalue weighted by atomic mass is 10.4. The van der Waals surface area contributed by atoms with E-state index >= 15 is 0 Å². The average Bonchev–Trinajstić information content (AvgIpc) is 2.13. The van der Waals surface area contributed by atoms with Crippen molar-refractivity contribution in [2.45, 2.75) is 13.3 Å². The van der Waals surface area contributed by atoms with Crippen molar-refractivity contribution in [2.24, 2.45) is 11.8 Å². The van der Waals surface area contributed by atoms with Crippen molar-refractivity contribution in [3.63, 3.8) is 0 Å². The maximum atomic E-state index is 10.4. The molecule has 2 atom stereocenters. The molecule has 54 valence electrons. The van der Waals surface area contributed by atoms with E-state index in [0.29, 0.717) is 11.8 Å². The van der Waals surface area contributed by atoms with E-state index in [0.717, 1.165) is 6.42 Å². The van der Waals surface area contributed by atoms with Crippen LogP contribution in [0.25, 0.3) is 0 Å². The van der Waals surface area contributed by atoms with Crippen LogP contribution in [0.2, 0.25) is 0 Å². The van der Waals surface area contributed by atoms with Gasteiger partial charge in [-0.25, -0.2) is 8.42 Å². The Balaban J connectivity index is 2.37. The molecule has 9 heavy (non-hydrogen) atoms. The smallest absolute Gasteiger partial charge is 0.212 e. The summed E-state index contributed by atoms with van der Waals surface area (Å²) in [5, 5.41) is 0. The molecule has 0 aromatic carbocycles. The van der Waals surface area contributed by atoms with E-state index < -0.39 is 9.05 Å². The largest absolute Gasteiger partial charge is 0.232 e. The Bertz CT molecular complexity index is 197. The van der Waals surface area contributed by atoms with Gasteiger partial charge in [0, 0.05) is 10.7 Å². The molecule has 0 saturated heterocycles. The van der Waals surface area contributed by atoms with Gasteiger partial charge in [-0.05, 0) is 18.3 Å². The predicted octanol–water partition coefficient (Wildman–Crippen LogP) is 1.21. The quantitative estimate of drug-likeness (QED) is 0.581. The van der Waals surface area contributed by atoms with Crippen LogP contribution in [-0.4, -0.2) is 14.2 Å². The van der Waals surface area contributed by atoms with E-state index in [2.05, 4.69) is 0 Å². The summed E-state index contributed by atoms with van der Waals surface area (Å²) in [6.45, 7) is 2.03. The fraction of sp³-hybridized carbons (Fsp3) is 1.00. The summed E-state index contributed by atoms with van der Waals surface area (Å²) >= 11 is 0. The molecule has 0 aromatic rings. The summed E-state index contributed by atoms with van der Waals surface area (Å²) in [5.41, 5.74) is 0. The Morgan fingerprint density at radius 1 is 1.67 bits per heavy atom. The summed E-state index contributed by atoms with van der Waals surface area (Å²) in [6.07, 6.45) is 1.02. The first-order valence-electron chi connectivity index (χ1n) is 2.91. The Hall–Kier alpha value is 0.240. The summed E-state index contributed by atoms with van der Waals surface area (Å²) in [4.78, 5) is 0. The van der Waals surface area contributed by atoms with Gasteiger partial charge in [-0.2, -0.15) is 0 Å². The zero-order valence-electron chi connectivity index (χ0n) is 5.17. The lowest BCUT2D eigenvalue weighted by molar-refractivity contribution is 0.604. The van der Waals surface area contributed by atoms with E-state index in [4.69, 9.17) is 10.7 Å². The average molecular weight is 169 g/mol. The molecule has 1 saturated carbocycles. The Labute approximate surface area is 59.6 Å². The Morgan fingerprint density at radius 2 is 2.11 bits per heavy atom. The molecule has 1 aliphatic carbocycles. The molecule has 0 aliphatic heterocycles. The number of hydrogen-bond acceptors (Lipinski definition) is 2. The van der Waals surface area contributed by atoms with Crippen LogP contribution in [0.15, 0.2) is 0 Å². The van der Waals surface area contributed by atoms with Gasteiger partial charge in [0.25, 0.3) is 0 Å². The van der Waals surface area contributed by atoms with Gasteiger partial charge in [0.15, 0.2) is 0 Å². The van der Waals surface area contributed by atoms with Crippen LogP contribution >= 0.6 is 10.7 Å². The minimum absolute atomic E-state index is 0.162. The second kappa shape index (κ2) is 2.13. The molecule has 1 rings (SSSR count). The van der Waals surface area contributed by atoms with Crippen LogP contribution in [0.1, 0.15) is 13.3 Å². The van der Waals surface area contributed by atoms with Crippen LogP contribution in [0.5, 0.6) is 0 Å². The minimum atomic E-state index is -3.22. The van der Waals surface area contributed by atoms with Gasteiger partial charge in [-0.1, -0.05) is 6.92 Å². The van der Waals surface area contributed by atoms with Crippen LogP contribution in [0, 0.1) is 11.8 Å². The second-order valence-corrected chi connectivity index (χ2v) is 5.50. The SMILES string of the molecule is CC1CC1CS(=O)(=O)Cl. The van der Waals surface area contributed by atoms with E-state index in [9.17, 15) is 8.42 Å². The second-order valence-electron chi connectivity index (χ2n) is 2.68. The van der Waals surface area contributed by atoms with Crippen LogP contribution < -0.4 is 0 Å². The molecule has 0 heterocycles. The Kier molecular flexibility index (Phi) is 1.74. The van der Waals surface area contributed by atoms with Crippen molar-refractivity contribution in [3.8, 4) is 0 Å². The van der Waals surface area contributed by atoms with Gasteiger partial charge in [-0.3, -0.25) is 0 Å². The van der Waals surface area contributed by atoms with Crippen molar-refractivity contribution in [3.05, 3.63) is 0 Å². The van der Waals surface area contributed by atoms with Crippen molar-refractivity contribution in [2.75, 3.05) is 5.75 Å². The summed E-state index contributed by atoms with van der Waals surface area (Å²) in [7, 11) is 1.78. The van der Waals surface area contributed by atoms with Gasteiger partial charge in [-0.15, -0.1) is 0 Å². The van der Waals surface area contributed by atoms with Crippen LogP contribution in [0.4, 0.5) is 0 Å². The van der Waals surface area contributed by atoms with Gasteiger partial charge >= 0.3 is 0 Å². The fourth-order valence-corrected chi connectivity index (χ4v) is 2.35. The van der Waals surface area contributed by atoms with Crippen LogP contribution in [0.3, 0.4) is 0 Å². The monoisotopic (exact) mass is 168 g/mol. The van der Waals surface area contributed by atoms with Crippen molar-refractivity contribution < 1.29 is 8.42 Å². The topological polar surface area (TPSA) is 34.1 Å². The summed E-state index contributed by atoms with van der Waals surface area (Å²) in [6, 6.07) is 0. The standard InChI is InChI=1S/C5H9ClO2S/c1-4-2-5(4)3-9(6,7)8/h4-5H,2-3H2,1H3. The molecule has 0 aromatic heterocycles. The van der Waals surface area contributed by atoms with Crippen molar-refractivity contribution >= 4 is 19.7 Å². The third kappa shape index (κ3) is 2.54. The third-order valence-corrected chi connectivity index (χ3v) is 2.89. The number of rotatable bonds is 2. The third-order valence-electron chi connectivity index (χ3n) is 1.69. The molecule has 0 spiro atoms. The predicted molar refractivity (Wildman–Crippen MR) is 36.9 cm³/mol. The van der Waals surface area contributed by atoms with Gasteiger partial charge < -0.3 is 0 Å². The first-order chi connectivity index (χ1) is 3.99. The molecular formula is C5H9ClO2S. The minimum Gasteiger partial charge on any atom is -0.212 e. The lowest BCUT2D eigenvalue weighted by Crippen LogP contribution is -1.99. The van der Waals surface area contributed by atoms with Gasteiger partial charge in [0.05, 0.1) is 5.75 Å². The molecule has 2 unspecified atom stereocenters. The van der Waals surface area contributed by atoms with E-state index in [1.165, 1.54) is 0 Å². The Morgan fingerprint density at radius 3 is 2.22 bits per heavy atom. The molecule has 4 heteroatoms. The highest BCUT2D eigenvalue weighted by molar-refractivity contribution is 8.13.